The maximum absolute atomic E-state index is 11.2. The number of phenolic OH excluding ortho intramolecular Hbond substituents is 1. The van der Waals surface area contributed by atoms with Gasteiger partial charge in [0.2, 0.25) is 0 Å². The van der Waals surface area contributed by atoms with Crippen molar-refractivity contribution in [1.82, 2.24) is 4.90 Å². The Morgan fingerprint density at radius 2 is 2.32 bits per heavy atom. The van der Waals surface area contributed by atoms with Crippen molar-refractivity contribution in [3.8, 4) is 11.5 Å². The first kappa shape index (κ1) is 13.8. The van der Waals surface area contributed by atoms with Crippen molar-refractivity contribution < 1.29 is 14.6 Å². The van der Waals surface area contributed by atoms with Crippen LogP contribution < -0.4 is 10.5 Å². The van der Waals surface area contributed by atoms with Crippen molar-refractivity contribution >= 4 is 6.29 Å². The second-order valence-electron chi connectivity index (χ2n) is 5.06. The van der Waals surface area contributed by atoms with Crippen LogP contribution in [0.4, 0.5) is 0 Å². The van der Waals surface area contributed by atoms with Gasteiger partial charge in [0.05, 0.1) is 7.11 Å². The quantitative estimate of drug-likeness (QED) is 0.798. The molecule has 104 valence electrons. The Morgan fingerprint density at radius 3 is 2.84 bits per heavy atom. The molecular weight excluding hydrogens is 244 g/mol. The molecule has 0 aromatic heterocycles. The standard InChI is InChI=1S/C14H20N2O3/c1-16-7-9(6-15)3-12(16)11-5-14(19-2)13(18)4-10(11)8-17/h4-5,8-9,12,18H,3,6-7,15H2,1-2H3. The Labute approximate surface area is 113 Å². The number of benzene rings is 1. The van der Waals surface area contributed by atoms with Crippen LogP contribution in [0.2, 0.25) is 0 Å². The molecule has 0 radical (unpaired) electrons. The van der Waals surface area contributed by atoms with E-state index >= 15 is 0 Å². The Bertz CT molecular complexity index is 476. The molecule has 5 nitrogen and oxygen atoms in total. The summed E-state index contributed by atoms with van der Waals surface area (Å²) in [6.45, 7) is 1.56. The second-order valence-corrected chi connectivity index (χ2v) is 5.06. The summed E-state index contributed by atoms with van der Waals surface area (Å²) >= 11 is 0. The van der Waals surface area contributed by atoms with E-state index in [0.717, 1.165) is 24.8 Å². The van der Waals surface area contributed by atoms with E-state index in [1.807, 2.05) is 7.05 Å². The number of phenols is 1. The minimum absolute atomic E-state index is 0.00984. The number of aldehydes is 1. The molecule has 0 spiro atoms. The molecule has 0 bridgehead atoms. The summed E-state index contributed by atoms with van der Waals surface area (Å²) in [6, 6.07) is 3.35. The molecule has 1 heterocycles. The van der Waals surface area contributed by atoms with Crippen molar-refractivity contribution in [3.63, 3.8) is 0 Å². The van der Waals surface area contributed by atoms with E-state index in [-0.39, 0.29) is 11.8 Å². The van der Waals surface area contributed by atoms with Gasteiger partial charge in [-0.05, 0) is 43.6 Å². The molecule has 3 N–H and O–H groups in total. The van der Waals surface area contributed by atoms with Crippen LogP contribution in [0.5, 0.6) is 11.5 Å². The number of hydrogen-bond donors (Lipinski definition) is 2. The number of hydrogen-bond acceptors (Lipinski definition) is 5. The Balaban J connectivity index is 2.40. The largest absolute Gasteiger partial charge is 0.504 e. The maximum atomic E-state index is 11.2. The number of carbonyl (C=O) groups is 1. The van der Waals surface area contributed by atoms with Crippen molar-refractivity contribution in [2.24, 2.45) is 11.7 Å². The molecule has 1 aromatic rings. The van der Waals surface area contributed by atoms with Gasteiger partial charge in [0, 0.05) is 18.2 Å². The summed E-state index contributed by atoms with van der Waals surface area (Å²) in [5, 5.41) is 9.74. The number of methoxy groups -OCH3 is 1. The summed E-state index contributed by atoms with van der Waals surface area (Å²) in [5.74, 6) is 0.823. The lowest BCUT2D eigenvalue weighted by atomic mass is 9.95. The third kappa shape index (κ3) is 2.57. The summed E-state index contributed by atoms with van der Waals surface area (Å²) in [5.41, 5.74) is 7.13. The molecule has 0 aliphatic carbocycles. The van der Waals surface area contributed by atoms with Gasteiger partial charge < -0.3 is 15.6 Å². The van der Waals surface area contributed by atoms with Gasteiger partial charge in [-0.25, -0.2) is 0 Å². The second kappa shape index (κ2) is 5.59. The highest BCUT2D eigenvalue weighted by Crippen LogP contribution is 2.39. The van der Waals surface area contributed by atoms with Crippen LogP contribution in [0, 0.1) is 5.92 Å². The van der Waals surface area contributed by atoms with Gasteiger partial charge >= 0.3 is 0 Å². The van der Waals surface area contributed by atoms with Crippen LogP contribution in [0.1, 0.15) is 28.4 Å². The van der Waals surface area contributed by atoms with Crippen molar-refractivity contribution in [1.29, 1.82) is 0 Å². The Morgan fingerprint density at radius 1 is 1.58 bits per heavy atom. The number of ether oxygens (including phenoxy) is 1. The van der Waals surface area contributed by atoms with Crippen molar-refractivity contribution in [2.45, 2.75) is 12.5 Å². The van der Waals surface area contributed by atoms with Gasteiger partial charge in [-0.15, -0.1) is 0 Å². The average molecular weight is 264 g/mol. The van der Waals surface area contributed by atoms with E-state index in [0.29, 0.717) is 23.8 Å². The smallest absolute Gasteiger partial charge is 0.160 e. The fourth-order valence-corrected chi connectivity index (χ4v) is 2.79. The number of likely N-dealkylation sites (tertiary alicyclic amines) is 1. The minimum atomic E-state index is -0.00984. The summed E-state index contributed by atoms with van der Waals surface area (Å²) in [4.78, 5) is 13.4. The molecule has 1 fully saturated rings. The lowest BCUT2D eigenvalue weighted by Gasteiger charge is -2.22. The predicted octanol–water partition coefficient (Wildman–Crippen LogP) is 1.16. The highest BCUT2D eigenvalue weighted by atomic mass is 16.5. The molecule has 5 heteroatoms. The Hall–Kier alpha value is -1.59. The highest BCUT2D eigenvalue weighted by molar-refractivity contribution is 5.79. The van der Waals surface area contributed by atoms with Gasteiger partial charge in [-0.3, -0.25) is 9.69 Å². The van der Waals surface area contributed by atoms with Crippen LogP contribution in [-0.2, 0) is 0 Å². The number of rotatable bonds is 4. The fourth-order valence-electron chi connectivity index (χ4n) is 2.79. The third-order valence-electron chi connectivity index (χ3n) is 3.84. The lowest BCUT2D eigenvalue weighted by molar-refractivity contribution is 0.112. The molecule has 2 atom stereocenters. The van der Waals surface area contributed by atoms with E-state index in [4.69, 9.17) is 10.5 Å². The third-order valence-corrected chi connectivity index (χ3v) is 3.84. The maximum Gasteiger partial charge on any atom is 0.160 e. The summed E-state index contributed by atoms with van der Waals surface area (Å²) < 4.78 is 5.12. The van der Waals surface area contributed by atoms with Crippen molar-refractivity contribution in [3.05, 3.63) is 23.3 Å². The number of carbonyl (C=O) groups excluding carboxylic acids is 1. The topological polar surface area (TPSA) is 75.8 Å². The molecule has 1 saturated heterocycles. The van der Waals surface area contributed by atoms with E-state index in [9.17, 15) is 9.90 Å². The molecule has 2 rings (SSSR count). The fraction of sp³-hybridized carbons (Fsp3) is 0.500. The zero-order valence-corrected chi connectivity index (χ0v) is 11.3. The molecular formula is C14H20N2O3. The van der Waals surface area contributed by atoms with Crippen LogP contribution in [0.3, 0.4) is 0 Å². The molecule has 1 aromatic carbocycles. The molecule has 0 amide bonds. The van der Waals surface area contributed by atoms with Crippen LogP contribution >= 0.6 is 0 Å². The van der Waals surface area contributed by atoms with Gasteiger partial charge in [-0.2, -0.15) is 0 Å². The Kier molecular flexibility index (Phi) is 4.07. The number of nitrogens with two attached hydrogens (primary N) is 1. The normalized spacial score (nSPS) is 23.5. The first-order valence-electron chi connectivity index (χ1n) is 6.37. The molecule has 1 aliphatic heterocycles. The van der Waals surface area contributed by atoms with Gasteiger partial charge in [0.1, 0.15) is 0 Å². The molecule has 1 aliphatic rings. The summed E-state index contributed by atoms with van der Waals surface area (Å²) in [6.07, 6.45) is 1.69. The first-order valence-corrected chi connectivity index (χ1v) is 6.37. The monoisotopic (exact) mass is 264 g/mol. The molecule has 19 heavy (non-hydrogen) atoms. The summed E-state index contributed by atoms with van der Waals surface area (Å²) in [7, 11) is 3.52. The van der Waals surface area contributed by atoms with Gasteiger partial charge in [0.25, 0.3) is 0 Å². The van der Waals surface area contributed by atoms with Crippen LogP contribution in [0.25, 0.3) is 0 Å². The average Bonchev–Trinajstić information content (AvgIpc) is 2.79. The SMILES string of the molecule is COc1cc(C2CC(CN)CN2C)c(C=O)cc1O. The van der Waals surface area contributed by atoms with Crippen molar-refractivity contribution in [2.75, 3.05) is 27.2 Å². The van der Waals surface area contributed by atoms with E-state index < -0.39 is 0 Å². The van der Waals surface area contributed by atoms with Crippen LogP contribution in [0.15, 0.2) is 12.1 Å². The van der Waals surface area contributed by atoms with E-state index in [1.165, 1.54) is 13.2 Å². The highest BCUT2D eigenvalue weighted by Gasteiger charge is 2.31. The van der Waals surface area contributed by atoms with Crippen LogP contribution in [-0.4, -0.2) is 43.5 Å². The van der Waals surface area contributed by atoms with E-state index in [1.54, 1.807) is 6.07 Å². The van der Waals surface area contributed by atoms with Gasteiger partial charge in [0.15, 0.2) is 17.8 Å². The predicted molar refractivity (Wildman–Crippen MR) is 72.6 cm³/mol. The van der Waals surface area contributed by atoms with E-state index in [2.05, 4.69) is 4.90 Å². The molecule has 0 saturated carbocycles. The zero-order chi connectivity index (χ0) is 14.0. The lowest BCUT2D eigenvalue weighted by Crippen LogP contribution is -2.21. The number of aromatic hydroxyl groups is 1. The first-order chi connectivity index (χ1) is 9.10. The molecule has 2 unspecified atom stereocenters. The number of nitrogens with zero attached hydrogens (tertiary/aromatic N) is 1. The minimum Gasteiger partial charge on any atom is -0.504 e. The zero-order valence-electron chi connectivity index (χ0n) is 11.3. The van der Waals surface area contributed by atoms with Gasteiger partial charge in [-0.1, -0.05) is 0 Å².